The van der Waals surface area contributed by atoms with Gasteiger partial charge >= 0.3 is 5.97 Å². The summed E-state index contributed by atoms with van der Waals surface area (Å²) in [7, 11) is 1.61. The van der Waals surface area contributed by atoms with Crippen molar-refractivity contribution in [1.82, 2.24) is 4.90 Å². The molecule has 19 heavy (non-hydrogen) atoms. The lowest BCUT2D eigenvalue weighted by molar-refractivity contribution is -0.137. The molecule has 0 radical (unpaired) electrons. The number of nitrogens with one attached hydrogen (secondary N) is 1. The molecule has 0 aliphatic carbocycles. The second-order valence-corrected chi connectivity index (χ2v) is 4.49. The van der Waals surface area contributed by atoms with E-state index in [1.807, 2.05) is 0 Å². The monoisotopic (exact) mass is 288 g/mol. The lowest BCUT2D eigenvalue weighted by atomic mass is 10.3. The minimum Gasteiger partial charge on any atom is -0.481 e. The SMILES string of the molecule is CN(CCC(=O)O)CC(=O)Nc1ccc(Cl)cc1F. The molecule has 0 saturated heterocycles. The Kier molecular flexibility index (Phi) is 5.72. The first-order chi connectivity index (χ1) is 8.88. The van der Waals surface area contributed by atoms with Crippen LogP contribution in [0.3, 0.4) is 0 Å². The smallest absolute Gasteiger partial charge is 0.304 e. The summed E-state index contributed by atoms with van der Waals surface area (Å²) in [5.41, 5.74) is 0.0426. The number of aliphatic carboxylic acids is 1. The average molecular weight is 289 g/mol. The maximum atomic E-state index is 13.4. The summed E-state index contributed by atoms with van der Waals surface area (Å²) in [6, 6.07) is 3.94. The summed E-state index contributed by atoms with van der Waals surface area (Å²) in [6.07, 6.45) is -0.0565. The highest BCUT2D eigenvalue weighted by Crippen LogP contribution is 2.18. The molecule has 0 unspecified atom stereocenters. The first kappa shape index (κ1) is 15.4. The molecular weight excluding hydrogens is 275 g/mol. The fourth-order valence-corrected chi connectivity index (χ4v) is 1.55. The van der Waals surface area contributed by atoms with Crippen LogP contribution in [0.2, 0.25) is 5.02 Å². The van der Waals surface area contributed by atoms with Gasteiger partial charge in [0.15, 0.2) is 0 Å². The van der Waals surface area contributed by atoms with Gasteiger partial charge in [0.25, 0.3) is 0 Å². The van der Waals surface area contributed by atoms with Crippen molar-refractivity contribution >= 4 is 29.2 Å². The van der Waals surface area contributed by atoms with E-state index in [2.05, 4.69) is 5.32 Å². The van der Waals surface area contributed by atoms with E-state index in [0.29, 0.717) is 0 Å². The molecule has 0 atom stereocenters. The lowest BCUT2D eigenvalue weighted by Crippen LogP contribution is -2.31. The van der Waals surface area contributed by atoms with E-state index in [1.54, 1.807) is 7.05 Å². The van der Waals surface area contributed by atoms with Crippen molar-refractivity contribution in [1.29, 1.82) is 0 Å². The minimum absolute atomic E-state index is 0.0185. The van der Waals surface area contributed by atoms with Gasteiger partial charge < -0.3 is 10.4 Å². The standard InChI is InChI=1S/C12H14ClFN2O3/c1-16(5-4-12(18)19)7-11(17)15-10-3-2-8(13)6-9(10)14/h2-3,6H,4-5,7H2,1H3,(H,15,17)(H,18,19). The maximum Gasteiger partial charge on any atom is 0.304 e. The molecule has 0 fully saturated rings. The number of carboxylic acids is 1. The predicted molar refractivity (Wildman–Crippen MR) is 69.8 cm³/mol. The highest BCUT2D eigenvalue weighted by atomic mass is 35.5. The number of rotatable bonds is 6. The number of hydrogen-bond acceptors (Lipinski definition) is 3. The van der Waals surface area contributed by atoms with E-state index < -0.39 is 17.7 Å². The number of nitrogens with zero attached hydrogens (tertiary/aromatic N) is 1. The number of likely N-dealkylation sites (N-methyl/N-ethyl adjacent to an activating group) is 1. The van der Waals surface area contributed by atoms with E-state index in [1.165, 1.54) is 17.0 Å². The van der Waals surface area contributed by atoms with E-state index in [9.17, 15) is 14.0 Å². The molecule has 1 amide bonds. The molecule has 0 aliphatic rings. The molecule has 0 saturated carbocycles. The number of carbonyl (C=O) groups is 2. The Balaban J connectivity index is 2.48. The molecule has 7 heteroatoms. The van der Waals surface area contributed by atoms with Crippen LogP contribution in [0, 0.1) is 5.82 Å². The average Bonchev–Trinajstić information content (AvgIpc) is 2.30. The maximum absolute atomic E-state index is 13.4. The number of amides is 1. The first-order valence-corrected chi connectivity index (χ1v) is 5.91. The van der Waals surface area contributed by atoms with Crippen molar-refractivity contribution in [2.24, 2.45) is 0 Å². The van der Waals surface area contributed by atoms with E-state index in [0.717, 1.165) is 6.07 Å². The summed E-state index contributed by atoms with van der Waals surface area (Å²) in [5.74, 6) is -1.97. The Hall–Kier alpha value is -1.66. The van der Waals surface area contributed by atoms with Gasteiger partial charge in [-0.3, -0.25) is 14.5 Å². The normalized spacial score (nSPS) is 10.5. The Morgan fingerprint density at radius 1 is 1.47 bits per heavy atom. The number of carboxylic acid groups (broad SMARTS) is 1. The number of anilines is 1. The van der Waals surface area contributed by atoms with Crippen LogP contribution in [0.1, 0.15) is 6.42 Å². The molecule has 0 bridgehead atoms. The van der Waals surface area contributed by atoms with Gasteiger partial charge in [0.05, 0.1) is 18.7 Å². The van der Waals surface area contributed by atoms with Crippen LogP contribution < -0.4 is 5.32 Å². The first-order valence-electron chi connectivity index (χ1n) is 5.53. The summed E-state index contributed by atoms with van der Waals surface area (Å²) < 4.78 is 13.4. The second kappa shape index (κ2) is 7.06. The fourth-order valence-electron chi connectivity index (χ4n) is 1.39. The molecular formula is C12H14ClFN2O3. The molecule has 5 nitrogen and oxygen atoms in total. The van der Waals surface area contributed by atoms with Crippen LogP contribution in [-0.2, 0) is 9.59 Å². The Morgan fingerprint density at radius 2 is 2.16 bits per heavy atom. The summed E-state index contributed by atoms with van der Waals surface area (Å²) in [6.45, 7) is 0.223. The highest BCUT2D eigenvalue weighted by molar-refractivity contribution is 6.30. The highest BCUT2D eigenvalue weighted by Gasteiger charge is 2.10. The molecule has 0 spiro atoms. The van der Waals surface area contributed by atoms with Gasteiger partial charge in [-0.25, -0.2) is 4.39 Å². The fraction of sp³-hybridized carbons (Fsp3) is 0.333. The predicted octanol–water partition coefficient (Wildman–Crippen LogP) is 1.82. The van der Waals surface area contributed by atoms with Crippen molar-refractivity contribution < 1.29 is 19.1 Å². The molecule has 1 rings (SSSR count). The Morgan fingerprint density at radius 3 is 2.74 bits per heavy atom. The quantitative estimate of drug-likeness (QED) is 0.838. The van der Waals surface area contributed by atoms with E-state index in [-0.39, 0.29) is 30.2 Å². The van der Waals surface area contributed by atoms with Gasteiger partial charge in [-0.15, -0.1) is 0 Å². The second-order valence-electron chi connectivity index (χ2n) is 4.05. The number of carbonyl (C=O) groups excluding carboxylic acids is 1. The molecule has 0 aliphatic heterocycles. The number of hydrogen-bond donors (Lipinski definition) is 2. The Labute approximate surface area is 115 Å². The third-order valence-electron chi connectivity index (χ3n) is 2.33. The summed E-state index contributed by atoms with van der Waals surface area (Å²) >= 11 is 5.59. The van der Waals surface area contributed by atoms with Crippen LogP contribution in [0.5, 0.6) is 0 Å². The van der Waals surface area contributed by atoms with Gasteiger partial charge in [-0.1, -0.05) is 11.6 Å². The van der Waals surface area contributed by atoms with Crippen LogP contribution in [0.15, 0.2) is 18.2 Å². The zero-order valence-electron chi connectivity index (χ0n) is 10.3. The van der Waals surface area contributed by atoms with Crippen LogP contribution in [-0.4, -0.2) is 42.0 Å². The molecule has 2 N–H and O–H groups in total. The van der Waals surface area contributed by atoms with Crippen LogP contribution in [0.25, 0.3) is 0 Å². The third kappa shape index (κ3) is 5.67. The van der Waals surface area contributed by atoms with Gasteiger partial charge in [-0.05, 0) is 25.2 Å². The van der Waals surface area contributed by atoms with Crippen molar-refractivity contribution in [3.8, 4) is 0 Å². The van der Waals surface area contributed by atoms with Crippen molar-refractivity contribution in [3.63, 3.8) is 0 Å². The van der Waals surface area contributed by atoms with Gasteiger partial charge in [0, 0.05) is 11.6 Å². The lowest BCUT2D eigenvalue weighted by Gasteiger charge is -2.15. The molecule has 0 heterocycles. The Bertz CT molecular complexity index is 482. The van der Waals surface area contributed by atoms with Crippen molar-refractivity contribution in [2.75, 3.05) is 25.5 Å². The largest absolute Gasteiger partial charge is 0.481 e. The van der Waals surface area contributed by atoms with Gasteiger partial charge in [0.1, 0.15) is 5.82 Å². The van der Waals surface area contributed by atoms with Crippen LogP contribution in [0.4, 0.5) is 10.1 Å². The topological polar surface area (TPSA) is 69.6 Å². The van der Waals surface area contributed by atoms with Gasteiger partial charge in [0.2, 0.25) is 5.91 Å². The summed E-state index contributed by atoms with van der Waals surface area (Å²) in [4.78, 5) is 23.5. The van der Waals surface area contributed by atoms with Crippen molar-refractivity contribution in [3.05, 3.63) is 29.0 Å². The molecule has 1 aromatic rings. The van der Waals surface area contributed by atoms with E-state index >= 15 is 0 Å². The molecule has 1 aromatic carbocycles. The van der Waals surface area contributed by atoms with Crippen LogP contribution >= 0.6 is 11.6 Å². The third-order valence-corrected chi connectivity index (χ3v) is 2.56. The molecule has 104 valence electrons. The summed E-state index contributed by atoms with van der Waals surface area (Å²) in [5, 5.41) is 11.1. The van der Waals surface area contributed by atoms with Crippen molar-refractivity contribution in [2.45, 2.75) is 6.42 Å². The number of benzene rings is 1. The molecule has 0 aromatic heterocycles. The van der Waals surface area contributed by atoms with E-state index in [4.69, 9.17) is 16.7 Å². The zero-order valence-corrected chi connectivity index (χ0v) is 11.1. The van der Waals surface area contributed by atoms with Gasteiger partial charge in [-0.2, -0.15) is 0 Å². The zero-order chi connectivity index (χ0) is 14.4. The number of halogens is 2. The minimum atomic E-state index is -0.934.